The summed E-state index contributed by atoms with van der Waals surface area (Å²) in [4.78, 5) is 26.1. The van der Waals surface area contributed by atoms with Gasteiger partial charge in [0.25, 0.3) is 5.91 Å². The zero-order valence-corrected chi connectivity index (χ0v) is 10.0. The Hall–Kier alpha value is -2.30. The SMILES string of the molecule is CCOC(=O)CNC(=O)c1cccc2cc[nH]c12. The molecule has 94 valence electrons. The molecule has 0 unspecified atom stereocenters. The van der Waals surface area contributed by atoms with E-state index in [1.165, 1.54) is 0 Å². The van der Waals surface area contributed by atoms with Crippen LogP contribution in [-0.2, 0) is 9.53 Å². The lowest BCUT2D eigenvalue weighted by atomic mass is 10.1. The van der Waals surface area contributed by atoms with E-state index in [1.54, 1.807) is 25.3 Å². The Morgan fingerprint density at radius 3 is 2.94 bits per heavy atom. The minimum absolute atomic E-state index is 0.121. The second-order valence-corrected chi connectivity index (χ2v) is 3.74. The van der Waals surface area contributed by atoms with E-state index >= 15 is 0 Å². The van der Waals surface area contributed by atoms with Crippen molar-refractivity contribution in [2.45, 2.75) is 6.92 Å². The number of nitrogens with one attached hydrogen (secondary N) is 2. The summed E-state index contributed by atoms with van der Waals surface area (Å²) in [6, 6.07) is 7.31. The van der Waals surface area contributed by atoms with Gasteiger partial charge in [0, 0.05) is 11.6 Å². The summed E-state index contributed by atoms with van der Waals surface area (Å²) in [5, 5.41) is 3.49. The van der Waals surface area contributed by atoms with Crippen molar-refractivity contribution in [2.75, 3.05) is 13.2 Å². The van der Waals surface area contributed by atoms with Gasteiger partial charge in [0.1, 0.15) is 6.54 Å². The normalized spacial score (nSPS) is 10.3. The van der Waals surface area contributed by atoms with Gasteiger partial charge >= 0.3 is 5.97 Å². The van der Waals surface area contributed by atoms with Crippen molar-refractivity contribution in [3.05, 3.63) is 36.0 Å². The maximum atomic E-state index is 11.9. The van der Waals surface area contributed by atoms with E-state index in [1.807, 2.05) is 12.1 Å². The van der Waals surface area contributed by atoms with Crippen molar-refractivity contribution in [1.29, 1.82) is 0 Å². The number of H-pyrrole nitrogens is 1. The molecule has 1 amide bonds. The van der Waals surface area contributed by atoms with E-state index in [9.17, 15) is 9.59 Å². The molecule has 0 spiro atoms. The molecular formula is C13H14N2O3. The molecule has 2 aromatic rings. The summed E-state index contributed by atoms with van der Waals surface area (Å²) >= 11 is 0. The van der Waals surface area contributed by atoms with Crippen LogP contribution in [-0.4, -0.2) is 30.0 Å². The van der Waals surface area contributed by atoms with Gasteiger partial charge in [-0.2, -0.15) is 0 Å². The molecule has 0 radical (unpaired) electrons. The largest absolute Gasteiger partial charge is 0.465 e. The van der Waals surface area contributed by atoms with Crippen LogP contribution in [0.4, 0.5) is 0 Å². The second kappa shape index (κ2) is 5.35. The lowest BCUT2D eigenvalue weighted by Crippen LogP contribution is -2.30. The Labute approximate surface area is 104 Å². The zero-order valence-electron chi connectivity index (χ0n) is 10.0. The molecule has 0 atom stereocenters. The number of amides is 1. The highest BCUT2D eigenvalue weighted by atomic mass is 16.5. The van der Waals surface area contributed by atoms with Crippen molar-refractivity contribution in [1.82, 2.24) is 10.3 Å². The van der Waals surface area contributed by atoms with Crippen molar-refractivity contribution in [2.24, 2.45) is 0 Å². The third-order valence-electron chi connectivity index (χ3n) is 2.53. The second-order valence-electron chi connectivity index (χ2n) is 3.74. The van der Waals surface area contributed by atoms with E-state index in [0.717, 1.165) is 10.9 Å². The molecule has 18 heavy (non-hydrogen) atoms. The van der Waals surface area contributed by atoms with Crippen LogP contribution in [0.5, 0.6) is 0 Å². The number of carbonyl (C=O) groups is 2. The Kier molecular flexibility index (Phi) is 3.62. The van der Waals surface area contributed by atoms with Crippen LogP contribution in [0.2, 0.25) is 0 Å². The maximum Gasteiger partial charge on any atom is 0.325 e. The van der Waals surface area contributed by atoms with Gasteiger partial charge in [-0.15, -0.1) is 0 Å². The number of aromatic nitrogens is 1. The summed E-state index contributed by atoms with van der Waals surface area (Å²) < 4.78 is 4.74. The van der Waals surface area contributed by atoms with Crippen LogP contribution in [0.3, 0.4) is 0 Å². The van der Waals surface area contributed by atoms with E-state index in [0.29, 0.717) is 12.2 Å². The molecule has 0 saturated heterocycles. The standard InChI is InChI=1S/C13H14N2O3/c1-2-18-11(16)8-15-13(17)10-5-3-4-9-6-7-14-12(9)10/h3-7,14H,2,8H2,1H3,(H,15,17). The van der Waals surface area contributed by atoms with Gasteiger partial charge in [-0.05, 0) is 19.1 Å². The third-order valence-corrected chi connectivity index (χ3v) is 2.53. The number of carbonyl (C=O) groups excluding carboxylic acids is 2. The summed E-state index contributed by atoms with van der Waals surface area (Å²) in [7, 11) is 0. The molecule has 0 fully saturated rings. The van der Waals surface area contributed by atoms with Crippen LogP contribution >= 0.6 is 0 Å². The molecule has 2 rings (SSSR count). The number of esters is 1. The van der Waals surface area contributed by atoms with Crippen molar-refractivity contribution in [3.8, 4) is 0 Å². The molecule has 1 aromatic heterocycles. The Morgan fingerprint density at radius 2 is 2.17 bits per heavy atom. The predicted octanol–water partition coefficient (Wildman–Crippen LogP) is 1.46. The van der Waals surface area contributed by atoms with Crippen LogP contribution in [0.25, 0.3) is 10.9 Å². The fourth-order valence-electron chi connectivity index (χ4n) is 1.73. The van der Waals surface area contributed by atoms with Gasteiger partial charge in [0.05, 0.1) is 17.7 Å². The molecule has 1 aromatic carbocycles. The Balaban J connectivity index is 2.09. The highest BCUT2D eigenvalue weighted by Gasteiger charge is 2.11. The molecule has 2 N–H and O–H groups in total. The fraction of sp³-hybridized carbons (Fsp3) is 0.231. The van der Waals surface area contributed by atoms with E-state index in [-0.39, 0.29) is 12.5 Å². The first-order chi connectivity index (χ1) is 8.72. The molecule has 0 aliphatic carbocycles. The first-order valence-electron chi connectivity index (χ1n) is 5.72. The minimum Gasteiger partial charge on any atom is -0.465 e. The number of ether oxygens (including phenoxy) is 1. The minimum atomic E-state index is -0.440. The van der Waals surface area contributed by atoms with Gasteiger partial charge in [-0.1, -0.05) is 12.1 Å². The van der Waals surface area contributed by atoms with E-state index in [4.69, 9.17) is 4.74 Å². The highest BCUT2D eigenvalue weighted by Crippen LogP contribution is 2.16. The van der Waals surface area contributed by atoms with Crippen molar-refractivity contribution >= 4 is 22.8 Å². The van der Waals surface area contributed by atoms with Crippen molar-refractivity contribution in [3.63, 3.8) is 0 Å². The molecule has 0 aliphatic heterocycles. The highest BCUT2D eigenvalue weighted by molar-refractivity contribution is 6.06. The molecule has 0 saturated carbocycles. The smallest absolute Gasteiger partial charge is 0.325 e. The average molecular weight is 246 g/mol. The quantitative estimate of drug-likeness (QED) is 0.802. The average Bonchev–Trinajstić information content (AvgIpc) is 2.84. The summed E-state index contributed by atoms with van der Waals surface area (Å²) in [5.74, 6) is -0.736. The fourth-order valence-corrected chi connectivity index (χ4v) is 1.73. The Bertz CT molecular complexity index is 574. The number of hydrogen-bond acceptors (Lipinski definition) is 3. The first-order valence-corrected chi connectivity index (χ1v) is 5.72. The lowest BCUT2D eigenvalue weighted by molar-refractivity contribution is -0.141. The molecule has 5 nitrogen and oxygen atoms in total. The number of para-hydroxylation sites is 1. The van der Waals surface area contributed by atoms with Crippen LogP contribution < -0.4 is 5.32 Å². The molecule has 0 bridgehead atoms. The van der Waals surface area contributed by atoms with E-state index < -0.39 is 5.97 Å². The molecule has 1 heterocycles. The monoisotopic (exact) mass is 246 g/mol. The van der Waals surface area contributed by atoms with Crippen LogP contribution in [0.1, 0.15) is 17.3 Å². The topological polar surface area (TPSA) is 71.2 Å². The number of aromatic amines is 1. The number of benzene rings is 1. The zero-order chi connectivity index (χ0) is 13.0. The molecule has 5 heteroatoms. The van der Waals surface area contributed by atoms with Crippen molar-refractivity contribution < 1.29 is 14.3 Å². The Morgan fingerprint density at radius 1 is 1.33 bits per heavy atom. The van der Waals surface area contributed by atoms with Gasteiger partial charge in [-0.25, -0.2) is 0 Å². The summed E-state index contributed by atoms with van der Waals surface area (Å²) in [6.45, 7) is 1.91. The lowest BCUT2D eigenvalue weighted by Gasteiger charge is -2.05. The van der Waals surface area contributed by atoms with Gasteiger partial charge in [0.15, 0.2) is 0 Å². The van der Waals surface area contributed by atoms with Gasteiger partial charge in [-0.3, -0.25) is 9.59 Å². The third kappa shape index (κ3) is 2.51. The number of hydrogen-bond donors (Lipinski definition) is 2. The molecular weight excluding hydrogens is 232 g/mol. The maximum absolute atomic E-state index is 11.9. The first kappa shape index (κ1) is 12.2. The van der Waals surface area contributed by atoms with Gasteiger partial charge in [0.2, 0.25) is 0 Å². The summed E-state index contributed by atoms with van der Waals surface area (Å²) in [5.41, 5.74) is 1.28. The van der Waals surface area contributed by atoms with Crippen LogP contribution in [0.15, 0.2) is 30.5 Å². The van der Waals surface area contributed by atoms with Crippen LogP contribution in [0, 0.1) is 0 Å². The summed E-state index contributed by atoms with van der Waals surface area (Å²) in [6.07, 6.45) is 1.77. The molecule has 0 aliphatic rings. The number of fused-ring (bicyclic) bond motifs is 1. The predicted molar refractivity (Wildman–Crippen MR) is 67.3 cm³/mol. The van der Waals surface area contributed by atoms with E-state index in [2.05, 4.69) is 10.3 Å². The number of rotatable bonds is 4. The van der Waals surface area contributed by atoms with Gasteiger partial charge < -0.3 is 15.0 Å².